The number of pyridine rings is 1. The van der Waals surface area contributed by atoms with Crippen LogP contribution in [0.15, 0.2) is 42.6 Å². The fourth-order valence-electron chi connectivity index (χ4n) is 7.94. The number of β-amino-alcohol motifs (C(OH)–C–C–N with tert-alkyl or cyclic N) is 1. The maximum Gasteiger partial charge on any atom is 0.0718 e. The standard InChI is InChI=1S/C31H43N3O2/c1-29(2,35)22-34-18-11-23-8-7-9-24-25(20-26(34)28(23)24)32-17-14-30(27-10-3-6-16-33-27)15-19-36-31(21-30)12-4-5-13-31/h3,6-10,16,25-26,32,35H,4-5,11-15,17-22H2,1-2H3/t25?,26?,30-/m1/s1. The summed E-state index contributed by atoms with van der Waals surface area (Å²) in [6.07, 6.45) is 12.4. The molecular formula is C31H43N3O2. The second-order valence-electron chi connectivity index (χ2n) is 12.6. The van der Waals surface area contributed by atoms with Gasteiger partial charge in [0, 0.05) is 49.1 Å². The molecule has 0 radical (unpaired) electrons. The average molecular weight is 490 g/mol. The zero-order chi connectivity index (χ0) is 24.8. The molecule has 1 aromatic carbocycles. The van der Waals surface area contributed by atoms with Gasteiger partial charge in [-0.15, -0.1) is 0 Å². The van der Waals surface area contributed by atoms with Crippen molar-refractivity contribution in [2.45, 2.75) is 100 Å². The predicted molar refractivity (Wildman–Crippen MR) is 143 cm³/mol. The van der Waals surface area contributed by atoms with Crippen LogP contribution in [0.25, 0.3) is 0 Å². The van der Waals surface area contributed by atoms with Gasteiger partial charge in [0.15, 0.2) is 0 Å². The Bertz CT molecular complexity index is 1060. The van der Waals surface area contributed by atoms with Crippen molar-refractivity contribution in [1.82, 2.24) is 15.2 Å². The van der Waals surface area contributed by atoms with Gasteiger partial charge in [0.1, 0.15) is 0 Å². The first-order valence-corrected chi connectivity index (χ1v) is 14.2. The molecular weight excluding hydrogens is 446 g/mol. The number of aromatic nitrogens is 1. The van der Waals surface area contributed by atoms with Gasteiger partial charge in [-0.05, 0) is 94.2 Å². The largest absolute Gasteiger partial charge is 0.389 e. The van der Waals surface area contributed by atoms with Crippen LogP contribution in [-0.2, 0) is 16.6 Å². The highest BCUT2D eigenvalue weighted by molar-refractivity contribution is 5.45. The zero-order valence-corrected chi connectivity index (χ0v) is 22.1. The minimum atomic E-state index is -0.674. The van der Waals surface area contributed by atoms with Crippen LogP contribution >= 0.6 is 0 Å². The molecule has 4 aliphatic rings. The molecule has 5 heteroatoms. The van der Waals surface area contributed by atoms with Crippen molar-refractivity contribution < 1.29 is 9.84 Å². The molecule has 2 aliphatic heterocycles. The van der Waals surface area contributed by atoms with Crippen molar-refractivity contribution in [3.8, 4) is 0 Å². The quantitative estimate of drug-likeness (QED) is 0.557. The minimum absolute atomic E-state index is 0.0616. The van der Waals surface area contributed by atoms with Crippen LogP contribution in [0.5, 0.6) is 0 Å². The summed E-state index contributed by atoms with van der Waals surface area (Å²) in [6.45, 7) is 7.45. The second-order valence-corrected chi connectivity index (χ2v) is 12.6. The van der Waals surface area contributed by atoms with E-state index in [-0.39, 0.29) is 11.0 Å². The van der Waals surface area contributed by atoms with E-state index in [0.29, 0.717) is 12.1 Å². The van der Waals surface area contributed by atoms with Crippen LogP contribution in [0, 0.1) is 0 Å². The Hall–Kier alpha value is -1.79. The van der Waals surface area contributed by atoms with Crippen LogP contribution in [0.4, 0.5) is 0 Å². The monoisotopic (exact) mass is 489 g/mol. The Morgan fingerprint density at radius 3 is 2.78 bits per heavy atom. The van der Waals surface area contributed by atoms with Gasteiger partial charge in [0.2, 0.25) is 0 Å². The molecule has 2 aliphatic carbocycles. The molecule has 0 bridgehead atoms. The summed E-state index contributed by atoms with van der Waals surface area (Å²) in [7, 11) is 0. The Kier molecular flexibility index (Phi) is 6.48. The van der Waals surface area contributed by atoms with Crippen LogP contribution in [0.2, 0.25) is 0 Å². The second kappa shape index (κ2) is 9.50. The molecule has 1 saturated heterocycles. The SMILES string of the molecule is CC(C)(O)CN1CCc2cccc3c2C1CC3NCC[C@@]1(c2ccccn2)CCOC2(CCCC2)C1. The number of ether oxygens (including phenoxy) is 1. The van der Waals surface area contributed by atoms with Crippen LogP contribution in [-0.4, -0.2) is 52.4 Å². The van der Waals surface area contributed by atoms with Gasteiger partial charge in [-0.1, -0.05) is 37.1 Å². The molecule has 1 aromatic heterocycles. The number of nitrogens with zero attached hydrogens (tertiary/aromatic N) is 2. The van der Waals surface area contributed by atoms with Crippen LogP contribution in [0.1, 0.15) is 99.7 Å². The lowest BCUT2D eigenvalue weighted by molar-refractivity contribution is -0.104. The Labute approximate surface area is 216 Å². The predicted octanol–water partition coefficient (Wildman–Crippen LogP) is 5.24. The summed E-state index contributed by atoms with van der Waals surface area (Å²) in [5, 5.41) is 14.6. The fraction of sp³-hybridized carbons (Fsp3) is 0.645. The van der Waals surface area contributed by atoms with Crippen molar-refractivity contribution in [3.05, 3.63) is 65.0 Å². The molecule has 1 saturated carbocycles. The van der Waals surface area contributed by atoms with Gasteiger partial charge in [-0.3, -0.25) is 9.88 Å². The fourth-order valence-corrected chi connectivity index (χ4v) is 7.94. The number of rotatable bonds is 7. The lowest BCUT2D eigenvalue weighted by atomic mass is 9.68. The zero-order valence-electron chi connectivity index (χ0n) is 22.1. The van der Waals surface area contributed by atoms with Crippen molar-refractivity contribution in [2.75, 3.05) is 26.2 Å². The van der Waals surface area contributed by atoms with Crippen LogP contribution < -0.4 is 5.32 Å². The Morgan fingerprint density at radius 2 is 2.00 bits per heavy atom. The van der Waals surface area contributed by atoms with Crippen molar-refractivity contribution in [2.24, 2.45) is 0 Å². The van der Waals surface area contributed by atoms with Crippen molar-refractivity contribution in [3.63, 3.8) is 0 Å². The van der Waals surface area contributed by atoms with E-state index in [9.17, 15) is 5.11 Å². The molecule has 36 heavy (non-hydrogen) atoms. The van der Waals surface area contributed by atoms with E-state index in [1.54, 1.807) is 0 Å². The molecule has 194 valence electrons. The normalized spacial score (nSPS) is 29.5. The molecule has 6 rings (SSSR count). The first-order valence-electron chi connectivity index (χ1n) is 14.2. The number of benzene rings is 1. The molecule has 2 N–H and O–H groups in total. The van der Waals surface area contributed by atoms with Crippen molar-refractivity contribution >= 4 is 0 Å². The average Bonchev–Trinajstić information content (AvgIpc) is 3.47. The maximum atomic E-state index is 10.6. The molecule has 2 fully saturated rings. The highest BCUT2D eigenvalue weighted by atomic mass is 16.5. The van der Waals surface area contributed by atoms with Gasteiger partial charge in [-0.25, -0.2) is 0 Å². The lowest BCUT2D eigenvalue weighted by Gasteiger charge is -2.46. The Morgan fingerprint density at radius 1 is 1.14 bits per heavy atom. The summed E-state index contributed by atoms with van der Waals surface area (Å²) in [5.41, 5.74) is 5.23. The number of nitrogens with one attached hydrogen (secondary N) is 1. The van der Waals surface area contributed by atoms with E-state index in [1.807, 2.05) is 26.1 Å². The van der Waals surface area contributed by atoms with E-state index in [1.165, 1.54) is 48.1 Å². The summed E-state index contributed by atoms with van der Waals surface area (Å²) >= 11 is 0. The molecule has 3 heterocycles. The number of hydrogen-bond donors (Lipinski definition) is 2. The van der Waals surface area contributed by atoms with Gasteiger partial charge in [0.05, 0.1) is 11.2 Å². The highest BCUT2D eigenvalue weighted by Crippen LogP contribution is 2.50. The molecule has 3 atom stereocenters. The third-order valence-electron chi connectivity index (χ3n) is 9.46. The molecule has 5 nitrogen and oxygen atoms in total. The smallest absolute Gasteiger partial charge is 0.0718 e. The molecule has 2 unspecified atom stereocenters. The summed E-state index contributed by atoms with van der Waals surface area (Å²) in [4.78, 5) is 7.41. The van der Waals surface area contributed by atoms with Gasteiger partial charge in [-0.2, -0.15) is 0 Å². The van der Waals surface area contributed by atoms with E-state index in [4.69, 9.17) is 9.72 Å². The number of aliphatic hydroxyl groups is 1. The first-order chi connectivity index (χ1) is 17.4. The highest BCUT2D eigenvalue weighted by Gasteiger charge is 2.48. The van der Waals surface area contributed by atoms with E-state index in [0.717, 1.165) is 58.3 Å². The van der Waals surface area contributed by atoms with Gasteiger partial charge in [0.25, 0.3) is 0 Å². The first kappa shape index (κ1) is 24.5. The van der Waals surface area contributed by atoms with Crippen molar-refractivity contribution in [1.29, 1.82) is 0 Å². The van der Waals surface area contributed by atoms with Crippen LogP contribution in [0.3, 0.4) is 0 Å². The molecule has 0 amide bonds. The van der Waals surface area contributed by atoms with E-state index in [2.05, 4.69) is 40.5 Å². The molecule has 1 spiro atoms. The summed E-state index contributed by atoms with van der Waals surface area (Å²) in [6, 6.07) is 14.1. The third-order valence-corrected chi connectivity index (χ3v) is 9.46. The third kappa shape index (κ3) is 4.64. The number of hydrogen-bond acceptors (Lipinski definition) is 5. The summed E-state index contributed by atoms with van der Waals surface area (Å²) in [5.74, 6) is 0. The minimum Gasteiger partial charge on any atom is -0.389 e. The molecule has 2 aromatic rings. The topological polar surface area (TPSA) is 57.6 Å². The van der Waals surface area contributed by atoms with Gasteiger partial charge < -0.3 is 15.2 Å². The van der Waals surface area contributed by atoms with E-state index >= 15 is 0 Å². The van der Waals surface area contributed by atoms with E-state index < -0.39 is 5.60 Å². The van der Waals surface area contributed by atoms with Gasteiger partial charge >= 0.3 is 0 Å². The summed E-state index contributed by atoms with van der Waals surface area (Å²) < 4.78 is 6.46. The Balaban J connectivity index is 1.20. The maximum absolute atomic E-state index is 10.6. The lowest BCUT2D eigenvalue weighted by Crippen LogP contribution is -2.47.